The van der Waals surface area contributed by atoms with Crippen molar-refractivity contribution in [2.75, 3.05) is 33.4 Å². The number of rotatable bonds is 10. The summed E-state index contributed by atoms with van der Waals surface area (Å²) < 4.78 is 11.8. The molecule has 2 amide bonds. The molecule has 28 heavy (non-hydrogen) atoms. The highest BCUT2D eigenvalue weighted by Gasteiger charge is 2.27. The molecule has 8 nitrogen and oxygen atoms in total. The molecule has 0 saturated heterocycles. The Bertz CT molecular complexity index is 709. The Morgan fingerprint density at radius 1 is 1.21 bits per heavy atom. The number of Topliss-reactive ketones (excluding diaryl/α,β-unsaturated/α-hetero) is 1. The van der Waals surface area contributed by atoms with E-state index in [-0.39, 0.29) is 31.0 Å². The van der Waals surface area contributed by atoms with E-state index in [1.54, 1.807) is 39.5 Å². The molecule has 0 aliphatic rings. The first-order chi connectivity index (χ1) is 13.1. The van der Waals surface area contributed by atoms with Gasteiger partial charge in [0.25, 0.3) is 0 Å². The predicted octanol–water partition coefficient (Wildman–Crippen LogP) is 2.46. The summed E-state index contributed by atoms with van der Waals surface area (Å²) in [6.07, 6.45) is 0.621. The van der Waals surface area contributed by atoms with Crippen molar-refractivity contribution in [3.63, 3.8) is 0 Å². The van der Waals surface area contributed by atoms with Gasteiger partial charge in [0.05, 0.1) is 13.2 Å². The average molecular weight is 396 g/mol. The van der Waals surface area contributed by atoms with Gasteiger partial charge in [-0.2, -0.15) is 0 Å². The number of methoxy groups -OCH3 is 1. The number of hydrogen-bond acceptors (Lipinski definition) is 5. The van der Waals surface area contributed by atoms with Crippen molar-refractivity contribution < 1.29 is 23.9 Å². The normalized spacial score (nSPS) is 10.9. The van der Waals surface area contributed by atoms with E-state index in [1.807, 2.05) is 13.8 Å². The number of aromatic nitrogens is 1. The summed E-state index contributed by atoms with van der Waals surface area (Å²) in [6.45, 7) is 10.1. The van der Waals surface area contributed by atoms with Crippen LogP contribution in [0.3, 0.4) is 0 Å². The Balaban J connectivity index is 3.11. The maximum Gasteiger partial charge on any atom is 0.355 e. The van der Waals surface area contributed by atoms with Crippen LogP contribution in [0.15, 0.2) is 0 Å². The molecule has 0 radical (unpaired) electrons. The van der Waals surface area contributed by atoms with E-state index in [4.69, 9.17) is 9.47 Å². The van der Waals surface area contributed by atoms with Crippen LogP contribution in [0.1, 0.15) is 59.3 Å². The predicted molar refractivity (Wildman–Crippen MR) is 107 cm³/mol. The first kappa shape index (κ1) is 23.7. The molecule has 1 heterocycles. The highest BCUT2D eigenvalue weighted by molar-refractivity contribution is 6.04. The average Bonchev–Trinajstić information content (AvgIpc) is 2.82. The molecule has 0 unspecified atom stereocenters. The summed E-state index contributed by atoms with van der Waals surface area (Å²) in [5.74, 6) is -0.670. The molecule has 1 aromatic rings. The zero-order valence-electron chi connectivity index (χ0n) is 18.0. The number of amides is 2. The molecule has 0 bridgehead atoms. The van der Waals surface area contributed by atoms with Crippen LogP contribution in [-0.4, -0.2) is 66.7 Å². The standard InChI is InChI=1S/C20H33N3O5/c1-8-28-19(25)18-14(4)17(15(5)22(18)6)16(24)12-23(10-9-11-27-7)20(26)21-13(2)3/h13H,8-12H2,1-7H3,(H,21,26). The first-order valence-electron chi connectivity index (χ1n) is 9.56. The van der Waals surface area contributed by atoms with E-state index in [0.29, 0.717) is 42.1 Å². The summed E-state index contributed by atoms with van der Waals surface area (Å²) in [5, 5.41) is 2.82. The second kappa shape index (κ2) is 10.8. The van der Waals surface area contributed by atoms with Gasteiger partial charge in [0.15, 0.2) is 5.78 Å². The van der Waals surface area contributed by atoms with Crippen LogP contribution in [0, 0.1) is 13.8 Å². The maximum atomic E-state index is 13.0. The molecule has 0 aromatic carbocycles. The van der Waals surface area contributed by atoms with Crippen molar-refractivity contribution in [3.05, 3.63) is 22.5 Å². The van der Waals surface area contributed by atoms with Crippen molar-refractivity contribution in [3.8, 4) is 0 Å². The zero-order valence-corrected chi connectivity index (χ0v) is 18.0. The molecule has 0 aliphatic heterocycles. The number of ketones is 1. The van der Waals surface area contributed by atoms with Crippen molar-refractivity contribution >= 4 is 17.8 Å². The molecular formula is C20H33N3O5. The fourth-order valence-corrected chi connectivity index (χ4v) is 3.12. The molecule has 158 valence electrons. The van der Waals surface area contributed by atoms with Crippen LogP contribution in [0.2, 0.25) is 0 Å². The molecule has 0 saturated carbocycles. The van der Waals surface area contributed by atoms with Crippen LogP contribution in [-0.2, 0) is 16.5 Å². The molecule has 0 aliphatic carbocycles. The second-order valence-corrected chi connectivity index (χ2v) is 7.01. The Hall–Kier alpha value is -2.35. The van der Waals surface area contributed by atoms with Gasteiger partial charge in [-0.15, -0.1) is 0 Å². The third kappa shape index (κ3) is 5.82. The number of nitrogens with zero attached hydrogens (tertiary/aromatic N) is 2. The van der Waals surface area contributed by atoms with Crippen molar-refractivity contribution in [1.82, 2.24) is 14.8 Å². The number of carbonyl (C=O) groups excluding carboxylic acids is 3. The summed E-state index contributed by atoms with van der Waals surface area (Å²) >= 11 is 0. The Kier molecular flexibility index (Phi) is 9.18. The first-order valence-corrected chi connectivity index (χ1v) is 9.56. The quantitative estimate of drug-likeness (QED) is 0.373. The van der Waals surface area contributed by atoms with Crippen LogP contribution < -0.4 is 5.32 Å². The topological polar surface area (TPSA) is 89.9 Å². The van der Waals surface area contributed by atoms with Crippen LogP contribution in [0.4, 0.5) is 4.79 Å². The summed E-state index contributed by atoms with van der Waals surface area (Å²) in [5.41, 5.74) is 2.07. The lowest BCUT2D eigenvalue weighted by Gasteiger charge is -2.24. The minimum absolute atomic E-state index is 0.0388. The van der Waals surface area contributed by atoms with Crippen LogP contribution >= 0.6 is 0 Å². The Morgan fingerprint density at radius 2 is 1.86 bits per heavy atom. The van der Waals surface area contributed by atoms with Gasteiger partial charge in [-0.1, -0.05) is 0 Å². The van der Waals surface area contributed by atoms with Gasteiger partial charge >= 0.3 is 12.0 Å². The number of carbonyl (C=O) groups is 3. The smallest absolute Gasteiger partial charge is 0.355 e. The highest BCUT2D eigenvalue weighted by Crippen LogP contribution is 2.23. The number of ether oxygens (including phenoxy) is 2. The fraction of sp³-hybridized carbons (Fsp3) is 0.650. The van der Waals surface area contributed by atoms with Gasteiger partial charge in [-0.3, -0.25) is 4.79 Å². The lowest BCUT2D eigenvalue weighted by atomic mass is 10.1. The van der Waals surface area contributed by atoms with E-state index < -0.39 is 5.97 Å². The molecule has 1 N–H and O–H groups in total. The second-order valence-electron chi connectivity index (χ2n) is 7.01. The summed E-state index contributed by atoms with van der Waals surface area (Å²) in [4.78, 5) is 39.3. The van der Waals surface area contributed by atoms with E-state index in [1.165, 1.54) is 4.90 Å². The van der Waals surface area contributed by atoms with Gasteiger partial charge in [-0.05, 0) is 46.6 Å². The van der Waals surface area contributed by atoms with E-state index in [0.717, 1.165) is 0 Å². The number of nitrogens with one attached hydrogen (secondary N) is 1. The number of hydrogen-bond donors (Lipinski definition) is 1. The van der Waals surface area contributed by atoms with Gasteiger partial charge in [0.1, 0.15) is 5.69 Å². The van der Waals surface area contributed by atoms with E-state index in [9.17, 15) is 14.4 Å². The van der Waals surface area contributed by atoms with Gasteiger partial charge in [0.2, 0.25) is 0 Å². The fourth-order valence-electron chi connectivity index (χ4n) is 3.12. The van der Waals surface area contributed by atoms with Gasteiger partial charge in [0, 0.05) is 44.6 Å². The van der Waals surface area contributed by atoms with Crippen LogP contribution in [0.25, 0.3) is 0 Å². The summed E-state index contributed by atoms with van der Waals surface area (Å²) in [6, 6.07) is -0.334. The number of esters is 1. The van der Waals surface area contributed by atoms with Crippen LogP contribution in [0.5, 0.6) is 0 Å². The monoisotopic (exact) mass is 395 g/mol. The lowest BCUT2D eigenvalue weighted by molar-refractivity contribution is 0.0514. The van der Waals surface area contributed by atoms with E-state index in [2.05, 4.69) is 5.32 Å². The van der Waals surface area contributed by atoms with Crippen molar-refractivity contribution in [2.45, 2.75) is 47.1 Å². The largest absolute Gasteiger partial charge is 0.461 e. The molecule has 0 atom stereocenters. The van der Waals surface area contributed by atoms with Gasteiger partial charge in [-0.25, -0.2) is 9.59 Å². The third-order valence-electron chi connectivity index (χ3n) is 4.49. The van der Waals surface area contributed by atoms with Crippen molar-refractivity contribution in [1.29, 1.82) is 0 Å². The Labute approximate surface area is 167 Å². The lowest BCUT2D eigenvalue weighted by Crippen LogP contribution is -2.45. The van der Waals surface area contributed by atoms with Gasteiger partial charge < -0.3 is 24.3 Å². The molecule has 0 spiro atoms. The van der Waals surface area contributed by atoms with Crippen molar-refractivity contribution in [2.24, 2.45) is 7.05 Å². The zero-order chi connectivity index (χ0) is 21.4. The SMILES string of the molecule is CCOC(=O)c1c(C)c(C(=O)CN(CCCOC)C(=O)NC(C)C)c(C)n1C. The van der Waals surface area contributed by atoms with E-state index >= 15 is 0 Å². The molecular weight excluding hydrogens is 362 g/mol. The highest BCUT2D eigenvalue weighted by atomic mass is 16.5. The molecule has 0 fully saturated rings. The Morgan fingerprint density at radius 3 is 2.39 bits per heavy atom. The molecule has 1 rings (SSSR count). The minimum atomic E-state index is -0.459. The minimum Gasteiger partial charge on any atom is -0.461 e. The third-order valence-corrected chi connectivity index (χ3v) is 4.49. The molecule has 1 aromatic heterocycles. The maximum absolute atomic E-state index is 13.0. The summed E-state index contributed by atoms with van der Waals surface area (Å²) in [7, 11) is 3.32. The number of urea groups is 1. The molecule has 8 heteroatoms.